The molecule has 1 heterocycles. The van der Waals surface area contributed by atoms with Crippen LogP contribution in [0, 0.1) is 5.41 Å². The number of hydrogen-bond donors (Lipinski definition) is 4. The number of ether oxygens (including phenoxy) is 1. The van der Waals surface area contributed by atoms with E-state index in [0.717, 1.165) is 22.4 Å². The number of carboxylic acid groups (broad SMARTS) is 1. The Hall–Kier alpha value is -4.60. The van der Waals surface area contributed by atoms with Crippen LogP contribution in [0.15, 0.2) is 72.9 Å². The molecule has 0 spiro atoms. The SMILES string of the molecule is CCOC(=O)c1c(Cc2cccc(C(=N)N)c2)c[nH]c1Cc1cccc2ccccc12.O=C(O)C(F)(F)F. The molecule has 198 valence electrons. The van der Waals surface area contributed by atoms with Gasteiger partial charge in [0.05, 0.1) is 12.2 Å². The van der Waals surface area contributed by atoms with Crippen LogP contribution in [-0.4, -0.2) is 40.6 Å². The number of fused-ring (bicyclic) bond motifs is 1. The van der Waals surface area contributed by atoms with E-state index in [1.165, 1.54) is 10.8 Å². The average Bonchev–Trinajstić information content (AvgIpc) is 3.26. The summed E-state index contributed by atoms with van der Waals surface area (Å²) >= 11 is 0. The van der Waals surface area contributed by atoms with E-state index in [0.29, 0.717) is 30.6 Å². The number of halogens is 3. The van der Waals surface area contributed by atoms with Crippen molar-refractivity contribution in [3.8, 4) is 0 Å². The number of carbonyl (C=O) groups excluding carboxylic acids is 1. The lowest BCUT2D eigenvalue weighted by molar-refractivity contribution is -0.192. The van der Waals surface area contributed by atoms with Crippen molar-refractivity contribution in [2.75, 3.05) is 6.61 Å². The van der Waals surface area contributed by atoms with Crippen molar-refractivity contribution in [2.45, 2.75) is 25.9 Å². The minimum Gasteiger partial charge on any atom is -0.475 e. The van der Waals surface area contributed by atoms with Crippen molar-refractivity contribution in [1.82, 2.24) is 4.98 Å². The molecule has 0 aliphatic heterocycles. The lowest BCUT2D eigenvalue weighted by Crippen LogP contribution is -2.21. The Morgan fingerprint density at radius 3 is 2.32 bits per heavy atom. The summed E-state index contributed by atoms with van der Waals surface area (Å²) in [4.78, 5) is 25.1. The first-order chi connectivity index (χ1) is 18.0. The highest BCUT2D eigenvalue weighted by molar-refractivity contribution is 5.95. The Morgan fingerprint density at radius 2 is 1.66 bits per heavy atom. The predicted molar refractivity (Wildman–Crippen MR) is 137 cm³/mol. The number of H-pyrrole nitrogens is 1. The minimum absolute atomic E-state index is 0.0261. The molecule has 0 fully saturated rings. The number of carbonyl (C=O) groups is 2. The number of amidine groups is 1. The van der Waals surface area contributed by atoms with E-state index in [1.54, 1.807) is 6.07 Å². The lowest BCUT2D eigenvalue weighted by Gasteiger charge is -2.10. The zero-order valence-electron chi connectivity index (χ0n) is 20.4. The Kier molecular flexibility index (Phi) is 8.90. The highest BCUT2D eigenvalue weighted by atomic mass is 19.4. The largest absolute Gasteiger partial charge is 0.490 e. The Morgan fingerprint density at radius 1 is 1.00 bits per heavy atom. The summed E-state index contributed by atoms with van der Waals surface area (Å²) < 4.78 is 37.1. The third-order valence-corrected chi connectivity index (χ3v) is 5.65. The van der Waals surface area contributed by atoms with Gasteiger partial charge in [0.1, 0.15) is 5.84 Å². The molecule has 0 amide bonds. The van der Waals surface area contributed by atoms with Crippen LogP contribution in [0.4, 0.5) is 13.2 Å². The van der Waals surface area contributed by atoms with Crippen molar-refractivity contribution < 1.29 is 32.6 Å². The van der Waals surface area contributed by atoms with Crippen molar-refractivity contribution in [1.29, 1.82) is 5.41 Å². The first-order valence-electron chi connectivity index (χ1n) is 11.6. The van der Waals surface area contributed by atoms with Gasteiger partial charge in [0.2, 0.25) is 0 Å². The summed E-state index contributed by atoms with van der Waals surface area (Å²) in [6.07, 6.45) is -2.06. The highest BCUT2D eigenvalue weighted by Crippen LogP contribution is 2.26. The van der Waals surface area contributed by atoms with Gasteiger partial charge in [-0.15, -0.1) is 0 Å². The van der Waals surface area contributed by atoms with Crippen molar-refractivity contribution >= 4 is 28.5 Å². The van der Waals surface area contributed by atoms with E-state index in [-0.39, 0.29) is 11.8 Å². The maximum Gasteiger partial charge on any atom is 0.490 e. The maximum absolute atomic E-state index is 12.9. The first-order valence-corrected chi connectivity index (χ1v) is 11.6. The third kappa shape index (κ3) is 7.00. The van der Waals surface area contributed by atoms with Gasteiger partial charge >= 0.3 is 18.1 Å². The van der Waals surface area contributed by atoms with Gasteiger partial charge in [0.15, 0.2) is 0 Å². The van der Waals surface area contributed by atoms with E-state index in [2.05, 4.69) is 29.2 Å². The average molecular weight is 526 g/mol. The van der Waals surface area contributed by atoms with Crippen LogP contribution < -0.4 is 5.73 Å². The molecule has 7 nitrogen and oxygen atoms in total. The minimum atomic E-state index is -5.08. The van der Waals surface area contributed by atoms with E-state index >= 15 is 0 Å². The number of rotatable bonds is 7. The second kappa shape index (κ2) is 12.1. The predicted octanol–water partition coefficient (Wildman–Crippen LogP) is 5.44. The number of aromatic nitrogens is 1. The Balaban J connectivity index is 0.000000505. The molecule has 0 bridgehead atoms. The van der Waals surface area contributed by atoms with Crippen molar-refractivity contribution in [3.05, 3.63) is 106 Å². The molecule has 0 saturated heterocycles. The van der Waals surface area contributed by atoms with Gasteiger partial charge < -0.3 is 20.6 Å². The molecular formula is C28H26F3N3O4. The molecule has 0 aliphatic carbocycles. The second-order valence-corrected chi connectivity index (χ2v) is 8.30. The van der Waals surface area contributed by atoms with Crippen LogP contribution in [0.2, 0.25) is 0 Å². The van der Waals surface area contributed by atoms with Crippen LogP contribution in [0.25, 0.3) is 10.8 Å². The molecule has 38 heavy (non-hydrogen) atoms. The van der Waals surface area contributed by atoms with Crippen LogP contribution >= 0.6 is 0 Å². The molecule has 0 saturated carbocycles. The first kappa shape index (κ1) is 28.0. The maximum atomic E-state index is 12.9. The zero-order valence-corrected chi connectivity index (χ0v) is 20.4. The fourth-order valence-electron chi connectivity index (χ4n) is 3.95. The summed E-state index contributed by atoms with van der Waals surface area (Å²) in [7, 11) is 0. The molecule has 5 N–H and O–H groups in total. The number of aromatic amines is 1. The Bertz CT molecular complexity index is 1460. The van der Waals surface area contributed by atoms with Crippen LogP contribution in [0.1, 0.15) is 45.2 Å². The van der Waals surface area contributed by atoms with Crippen LogP contribution in [-0.2, 0) is 22.4 Å². The van der Waals surface area contributed by atoms with E-state index in [9.17, 15) is 18.0 Å². The van der Waals surface area contributed by atoms with Crippen LogP contribution in [0.3, 0.4) is 0 Å². The number of aliphatic carboxylic acids is 1. The number of nitrogens with one attached hydrogen (secondary N) is 2. The van der Waals surface area contributed by atoms with E-state index in [1.807, 2.05) is 49.5 Å². The lowest BCUT2D eigenvalue weighted by atomic mass is 9.96. The molecule has 4 aromatic rings. The van der Waals surface area contributed by atoms with Gasteiger partial charge in [-0.25, -0.2) is 9.59 Å². The number of alkyl halides is 3. The third-order valence-electron chi connectivity index (χ3n) is 5.65. The zero-order chi connectivity index (χ0) is 27.9. The molecule has 3 aromatic carbocycles. The molecule has 1 aromatic heterocycles. The summed E-state index contributed by atoms with van der Waals surface area (Å²) in [5.74, 6) is -3.05. The summed E-state index contributed by atoms with van der Waals surface area (Å²) in [6.45, 7) is 2.13. The molecule has 0 unspecified atom stereocenters. The van der Waals surface area contributed by atoms with E-state index in [4.69, 9.17) is 25.8 Å². The van der Waals surface area contributed by atoms with E-state index < -0.39 is 12.1 Å². The number of esters is 1. The second-order valence-electron chi connectivity index (χ2n) is 8.30. The molecule has 0 aliphatic rings. The standard InChI is InChI=1S/C26H25N3O2.C2HF3O2/c1-2-31-26(30)24-21(14-17-7-5-11-20(13-17)25(27)28)16-29-23(24)15-19-10-6-9-18-8-3-4-12-22(18)19;3-2(4,5)1(6)7/h3-13,16,29H,2,14-15H2,1H3,(H3,27,28);(H,6,7). The molecule has 4 rings (SSSR count). The smallest absolute Gasteiger partial charge is 0.475 e. The number of nitrogen functional groups attached to an aromatic ring is 1. The van der Waals surface area contributed by atoms with Gasteiger partial charge in [0, 0.05) is 23.9 Å². The number of benzene rings is 3. The summed E-state index contributed by atoms with van der Waals surface area (Å²) in [5, 5.41) is 17.1. The van der Waals surface area contributed by atoms with Gasteiger partial charge in [-0.05, 0) is 46.9 Å². The summed E-state index contributed by atoms with van der Waals surface area (Å²) in [6, 6.07) is 22.0. The number of carboxylic acids is 1. The Labute approximate surface area is 216 Å². The van der Waals surface area contributed by atoms with Crippen LogP contribution in [0.5, 0.6) is 0 Å². The number of hydrogen-bond acceptors (Lipinski definition) is 4. The van der Waals surface area contributed by atoms with Crippen molar-refractivity contribution in [3.63, 3.8) is 0 Å². The fraction of sp³-hybridized carbons (Fsp3) is 0.179. The fourth-order valence-corrected chi connectivity index (χ4v) is 3.95. The van der Waals surface area contributed by atoms with Gasteiger partial charge in [0.25, 0.3) is 0 Å². The normalized spacial score (nSPS) is 10.9. The topological polar surface area (TPSA) is 129 Å². The quantitative estimate of drug-likeness (QED) is 0.145. The monoisotopic (exact) mass is 525 g/mol. The van der Waals surface area contributed by atoms with Gasteiger partial charge in [-0.1, -0.05) is 60.7 Å². The summed E-state index contributed by atoms with van der Waals surface area (Å²) in [5.41, 5.74) is 10.7. The van der Waals surface area contributed by atoms with Gasteiger partial charge in [-0.2, -0.15) is 13.2 Å². The number of nitrogens with two attached hydrogens (primary N) is 1. The van der Waals surface area contributed by atoms with Gasteiger partial charge in [-0.3, -0.25) is 5.41 Å². The molecular weight excluding hydrogens is 499 g/mol. The molecule has 10 heteroatoms. The molecule has 0 radical (unpaired) electrons. The molecule has 0 atom stereocenters. The van der Waals surface area contributed by atoms with Crippen molar-refractivity contribution in [2.24, 2.45) is 5.73 Å². The highest BCUT2D eigenvalue weighted by Gasteiger charge is 2.38.